The highest BCUT2D eigenvalue weighted by Crippen LogP contribution is 1.87. The molecule has 0 unspecified atom stereocenters. The first-order valence-electron chi connectivity index (χ1n) is 2.51. The van der Waals surface area contributed by atoms with E-state index in [9.17, 15) is 0 Å². The van der Waals surface area contributed by atoms with Crippen LogP contribution in [0.1, 0.15) is 6.92 Å². The highest BCUT2D eigenvalue weighted by atomic mass is 14.9. The van der Waals surface area contributed by atoms with Crippen LogP contribution in [-0.4, -0.2) is 6.21 Å². The fourth-order valence-corrected chi connectivity index (χ4v) is 0.464. The minimum Gasteiger partial charge on any atom is -0.364 e. The molecule has 1 N–H and O–H groups in total. The molecular weight excluding hydrogens is 100 g/mol. The Hall–Kier alpha value is -1.05. The van der Waals surface area contributed by atoms with Crippen molar-refractivity contribution in [1.82, 2.24) is 5.32 Å². The van der Waals surface area contributed by atoms with E-state index < -0.39 is 0 Å². The molecule has 0 saturated heterocycles. The molecule has 42 valence electrons. The number of hydrogen-bond acceptors (Lipinski definition) is 2. The number of hydrogen-bond donors (Lipinski definition) is 1. The molecule has 1 heterocycles. The Kier molecular flexibility index (Phi) is 1.47. The lowest BCUT2D eigenvalue weighted by Gasteiger charge is -1.92. The Morgan fingerprint density at radius 3 is 3.38 bits per heavy atom. The van der Waals surface area contributed by atoms with Crippen molar-refractivity contribution in [3.05, 3.63) is 24.2 Å². The van der Waals surface area contributed by atoms with E-state index in [1.165, 1.54) is 0 Å². The molecule has 0 bridgehead atoms. The second-order valence-electron chi connectivity index (χ2n) is 1.61. The van der Waals surface area contributed by atoms with E-state index in [4.69, 9.17) is 0 Å². The number of nitrogens with zero attached hydrogens (tertiary/aromatic N) is 1. The van der Waals surface area contributed by atoms with Crippen molar-refractivity contribution in [3.8, 4) is 0 Å². The first-order chi connectivity index (χ1) is 3.89. The third-order valence-electron chi connectivity index (χ3n) is 0.882. The van der Waals surface area contributed by atoms with Crippen molar-refractivity contribution >= 4 is 6.21 Å². The second-order valence-corrected chi connectivity index (χ2v) is 1.61. The molecule has 0 aliphatic carbocycles. The molecule has 0 aromatic rings. The van der Waals surface area contributed by atoms with Crippen LogP contribution in [0.25, 0.3) is 0 Å². The lowest BCUT2D eigenvalue weighted by atomic mass is 10.4. The molecule has 8 heavy (non-hydrogen) atoms. The largest absolute Gasteiger partial charge is 0.364 e. The van der Waals surface area contributed by atoms with Crippen LogP contribution in [0.3, 0.4) is 0 Å². The van der Waals surface area contributed by atoms with E-state index in [1.807, 2.05) is 13.0 Å². The van der Waals surface area contributed by atoms with Crippen LogP contribution in [0.15, 0.2) is 29.2 Å². The van der Waals surface area contributed by atoms with Crippen LogP contribution in [0.2, 0.25) is 0 Å². The first kappa shape index (κ1) is 5.09. The van der Waals surface area contributed by atoms with E-state index >= 15 is 0 Å². The highest BCUT2D eigenvalue weighted by molar-refractivity contribution is 5.72. The fraction of sp³-hybridized carbons (Fsp3) is 0.167. The number of nitrogens with one attached hydrogen (secondary N) is 1. The Bertz CT molecular complexity index is 154. The van der Waals surface area contributed by atoms with Gasteiger partial charge in [-0.3, -0.25) is 4.99 Å². The Morgan fingerprint density at radius 2 is 2.50 bits per heavy atom. The predicted molar refractivity (Wildman–Crippen MR) is 34.5 cm³/mol. The second kappa shape index (κ2) is 2.31. The van der Waals surface area contributed by atoms with E-state index in [1.54, 1.807) is 18.6 Å². The van der Waals surface area contributed by atoms with Crippen LogP contribution in [-0.2, 0) is 0 Å². The number of aliphatic imine (C=N–C) groups is 1. The van der Waals surface area contributed by atoms with Gasteiger partial charge in [-0.05, 0) is 13.0 Å². The van der Waals surface area contributed by atoms with Gasteiger partial charge in [0.15, 0.2) is 0 Å². The van der Waals surface area contributed by atoms with Gasteiger partial charge in [0.05, 0.1) is 0 Å². The standard InChI is InChI=1S/C6H8N2/c1-6-2-3-7-4-5-8-6/h2-5,8H,1H3. The average Bonchev–Trinajstić information content (AvgIpc) is 1.94. The Balaban J connectivity index is 2.69. The normalized spacial score (nSPS) is 16.9. The molecule has 0 saturated carbocycles. The summed E-state index contributed by atoms with van der Waals surface area (Å²) in [6.07, 6.45) is 7.19. The molecule has 0 atom stereocenters. The quantitative estimate of drug-likeness (QED) is 0.492. The van der Waals surface area contributed by atoms with Gasteiger partial charge in [0.2, 0.25) is 0 Å². The van der Waals surface area contributed by atoms with Gasteiger partial charge in [0, 0.05) is 24.3 Å². The number of allylic oxidation sites excluding steroid dienone is 2. The maximum atomic E-state index is 3.88. The molecule has 1 aliphatic heterocycles. The lowest BCUT2D eigenvalue weighted by molar-refractivity contribution is 1.06. The maximum absolute atomic E-state index is 3.88. The molecular formula is C6H8N2. The van der Waals surface area contributed by atoms with Gasteiger partial charge in [0.25, 0.3) is 0 Å². The van der Waals surface area contributed by atoms with Crippen molar-refractivity contribution in [2.45, 2.75) is 6.92 Å². The molecule has 1 rings (SSSR count). The Morgan fingerprint density at radius 1 is 1.62 bits per heavy atom. The first-order valence-corrected chi connectivity index (χ1v) is 2.51. The van der Waals surface area contributed by atoms with Crippen molar-refractivity contribution in [2.75, 3.05) is 0 Å². The van der Waals surface area contributed by atoms with Crippen LogP contribution in [0, 0.1) is 0 Å². The third-order valence-corrected chi connectivity index (χ3v) is 0.882. The van der Waals surface area contributed by atoms with Gasteiger partial charge in [-0.2, -0.15) is 0 Å². The summed E-state index contributed by atoms with van der Waals surface area (Å²) in [5.41, 5.74) is 1.11. The number of rotatable bonds is 0. The monoisotopic (exact) mass is 108 g/mol. The van der Waals surface area contributed by atoms with Crippen LogP contribution >= 0.6 is 0 Å². The molecule has 0 aromatic heterocycles. The highest BCUT2D eigenvalue weighted by Gasteiger charge is 1.81. The van der Waals surface area contributed by atoms with Crippen LogP contribution < -0.4 is 5.32 Å². The summed E-state index contributed by atoms with van der Waals surface area (Å²) >= 11 is 0. The fourth-order valence-electron chi connectivity index (χ4n) is 0.464. The average molecular weight is 108 g/mol. The zero-order chi connectivity index (χ0) is 5.82. The van der Waals surface area contributed by atoms with Gasteiger partial charge in [-0.15, -0.1) is 0 Å². The van der Waals surface area contributed by atoms with E-state index in [0.717, 1.165) is 5.70 Å². The van der Waals surface area contributed by atoms with Gasteiger partial charge in [-0.25, -0.2) is 0 Å². The minimum atomic E-state index is 1.11. The molecule has 0 fully saturated rings. The summed E-state index contributed by atoms with van der Waals surface area (Å²) in [4.78, 5) is 3.88. The molecule has 0 amide bonds. The molecule has 1 aliphatic rings. The topological polar surface area (TPSA) is 24.4 Å². The van der Waals surface area contributed by atoms with Gasteiger partial charge in [-0.1, -0.05) is 0 Å². The van der Waals surface area contributed by atoms with E-state index in [0.29, 0.717) is 0 Å². The van der Waals surface area contributed by atoms with Gasteiger partial charge >= 0.3 is 0 Å². The van der Waals surface area contributed by atoms with Crippen molar-refractivity contribution in [1.29, 1.82) is 0 Å². The zero-order valence-electron chi connectivity index (χ0n) is 4.76. The summed E-state index contributed by atoms with van der Waals surface area (Å²) < 4.78 is 0. The predicted octanol–water partition coefficient (Wildman–Crippen LogP) is 1.04. The van der Waals surface area contributed by atoms with Crippen molar-refractivity contribution < 1.29 is 0 Å². The molecule has 0 aromatic carbocycles. The summed E-state index contributed by atoms with van der Waals surface area (Å²) in [5.74, 6) is 0. The van der Waals surface area contributed by atoms with Crippen molar-refractivity contribution in [3.63, 3.8) is 0 Å². The minimum absolute atomic E-state index is 1.11. The molecule has 2 nitrogen and oxygen atoms in total. The third kappa shape index (κ3) is 1.22. The van der Waals surface area contributed by atoms with Gasteiger partial charge < -0.3 is 5.32 Å². The SMILES string of the molecule is CC1=CC=NC=CN1. The van der Waals surface area contributed by atoms with E-state index in [-0.39, 0.29) is 0 Å². The van der Waals surface area contributed by atoms with Crippen LogP contribution in [0.4, 0.5) is 0 Å². The maximum Gasteiger partial charge on any atom is 0.0428 e. The smallest absolute Gasteiger partial charge is 0.0428 e. The van der Waals surface area contributed by atoms with E-state index in [2.05, 4.69) is 10.3 Å². The molecule has 0 spiro atoms. The summed E-state index contributed by atoms with van der Waals surface area (Å²) in [5, 5.41) is 3.00. The zero-order valence-corrected chi connectivity index (χ0v) is 4.76. The van der Waals surface area contributed by atoms with Crippen LogP contribution in [0.5, 0.6) is 0 Å². The Labute approximate surface area is 48.6 Å². The molecule has 2 heteroatoms. The summed E-state index contributed by atoms with van der Waals surface area (Å²) in [7, 11) is 0. The van der Waals surface area contributed by atoms with Gasteiger partial charge in [0.1, 0.15) is 0 Å². The molecule has 0 radical (unpaired) electrons. The lowest BCUT2D eigenvalue weighted by Crippen LogP contribution is -1.98. The summed E-state index contributed by atoms with van der Waals surface area (Å²) in [6.45, 7) is 1.99. The van der Waals surface area contributed by atoms with Crippen molar-refractivity contribution in [2.24, 2.45) is 4.99 Å². The summed E-state index contributed by atoms with van der Waals surface area (Å²) in [6, 6.07) is 0.